The Hall–Kier alpha value is -1.11. The number of carbonyl (C=O) groups excluding carboxylic acids is 1. The van der Waals surface area contributed by atoms with Gasteiger partial charge in [0.25, 0.3) is 0 Å². The fourth-order valence-electron chi connectivity index (χ4n) is 1.67. The third-order valence-corrected chi connectivity index (χ3v) is 4.40. The van der Waals surface area contributed by atoms with Gasteiger partial charge in [0.1, 0.15) is 5.01 Å². The molecule has 1 atom stereocenters. The number of amides is 1. The van der Waals surface area contributed by atoms with Gasteiger partial charge >= 0.3 is 0 Å². The second kappa shape index (κ2) is 6.88. The average Bonchev–Trinajstić information content (AvgIpc) is 2.84. The molecule has 0 fully saturated rings. The summed E-state index contributed by atoms with van der Waals surface area (Å²) < 4.78 is 1.14. The largest absolute Gasteiger partial charge is 0.348 e. The molecule has 0 spiro atoms. The van der Waals surface area contributed by atoms with Gasteiger partial charge in [-0.2, -0.15) is 11.8 Å². The Bertz CT molecular complexity index is 523. The maximum atomic E-state index is 11.8. The summed E-state index contributed by atoms with van der Waals surface area (Å²) in [6.45, 7) is 0.450. The summed E-state index contributed by atoms with van der Waals surface area (Å²) in [6.07, 6.45) is 2.71. The summed E-state index contributed by atoms with van der Waals surface area (Å²) >= 11 is 3.29. The number of nitrogens with two attached hydrogens (primary N) is 1. The number of hydrogen-bond acceptors (Lipinski definition) is 5. The van der Waals surface area contributed by atoms with Crippen molar-refractivity contribution in [3.05, 3.63) is 29.3 Å². The normalized spacial score (nSPS) is 12.5. The van der Waals surface area contributed by atoms with Crippen molar-refractivity contribution < 1.29 is 4.79 Å². The van der Waals surface area contributed by atoms with Gasteiger partial charge in [0, 0.05) is 0 Å². The highest BCUT2D eigenvalue weighted by atomic mass is 32.2. The predicted octanol–water partition coefficient (Wildman–Crippen LogP) is 1.99. The number of para-hydroxylation sites is 1. The van der Waals surface area contributed by atoms with Crippen molar-refractivity contribution in [3.8, 4) is 0 Å². The SMILES string of the molecule is CSCC[C@@H](N)C(=O)NCc1nc2ccccc2s1. The minimum absolute atomic E-state index is 0.103. The molecule has 0 radical (unpaired) electrons. The fourth-order valence-corrected chi connectivity index (χ4v) is 3.06. The second-order valence-corrected chi connectivity index (χ2v) is 6.28. The summed E-state index contributed by atoms with van der Waals surface area (Å²) in [5, 5.41) is 3.75. The van der Waals surface area contributed by atoms with E-state index in [0.29, 0.717) is 13.0 Å². The maximum Gasteiger partial charge on any atom is 0.237 e. The van der Waals surface area contributed by atoms with Crippen LogP contribution in [-0.4, -0.2) is 28.9 Å². The van der Waals surface area contributed by atoms with E-state index in [1.807, 2.05) is 30.5 Å². The van der Waals surface area contributed by atoms with E-state index in [0.717, 1.165) is 21.0 Å². The van der Waals surface area contributed by atoms with Gasteiger partial charge < -0.3 is 11.1 Å². The van der Waals surface area contributed by atoms with Crippen LogP contribution in [0.2, 0.25) is 0 Å². The quantitative estimate of drug-likeness (QED) is 0.855. The van der Waals surface area contributed by atoms with Crippen LogP contribution in [0.25, 0.3) is 10.2 Å². The van der Waals surface area contributed by atoms with Crippen molar-refractivity contribution in [3.63, 3.8) is 0 Å². The molecule has 0 aliphatic rings. The molecule has 1 aromatic carbocycles. The van der Waals surface area contributed by atoms with Gasteiger partial charge in [-0.15, -0.1) is 11.3 Å². The summed E-state index contributed by atoms with van der Waals surface area (Å²) in [7, 11) is 0. The van der Waals surface area contributed by atoms with Crippen molar-refractivity contribution in [2.24, 2.45) is 5.73 Å². The molecule has 1 heterocycles. The van der Waals surface area contributed by atoms with Gasteiger partial charge in [0.05, 0.1) is 22.8 Å². The molecule has 1 aromatic heterocycles. The van der Waals surface area contributed by atoms with Crippen LogP contribution in [0.15, 0.2) is 24.3 Å². The number of nitrogens with one attached hydrogen (secondary N) is 1. The number of hydrogen-bond donors (Lipinski definition) is 2. The molecule has 2 rings (SSSR count). The molecule has 0 aliphatic heterocycles. The van der Waals surface area contributed by atoms with Gasteiger partial charge in [-0.1, -0.05) is 12.1 Å². The number of carbonyl (C=O) groups is 1. The average molecular weight is 295 g/mol. The van der Waals surface area contributed by atoms with Crippen LogP contribution in [0.4, 0.5) is 0 Å². The first-order chi connectivity index (χ1) is 9.20. The molecule has 19 heavy (non-hydrogen) atoms. The van der Waals surface area contributed by atoms with E-state index in [4.69, 9.17) is 5.73 Å². The molecular formula is C13H17N3OS2. The van der Waals surface area contributed by atoms with E-state index < -0.39 is 6.04 Å². The summed E-state index contributed by atoms with van der Waals surface area (Å²) in [6, 6.07) is 7.52. The number of benzene rings is 1. The van der Waals surface area contributed by atoms with Gasteiger partial charge in [-0.05, 0) is 30.6 Å². The molecule has 3 N–H and O–H groups in total. The lowest BCUT2D eigenvalue weighted by Gasteiger charge is -2.10. The van der Waals surface area contributed by atoms with Crippen molar-refractivity contribution in [2.75, 3.05) is 12.0 Å². The van der Waals surface area contributed by atoms with E-state index in [1.54, 1.807) is 23.1 Å². The first-order valence-electron chi connectivity index (χ1n) is 6.07. The minimum atomic E-state index is -0.429. The zero-order valence-electron chi connectivity index (χ0n) is 10.8. The van der Waals surface area contributed by atoms with Gasteiger partial charge in [-0.3, -0.25) is 4.79 Å². The Balaban J connectivity index is 1.89. The number of thiazole rings is 1. The Morgan fingerprint density at radius 3 is 3.05 bits per heavy atom. The molecule has 0 unspecified atom stereocenters. The van der Waals surface area contributed by atoms with Crippen LogP contribution in [0.5, 0.6) is 0 Å². The number of fused-ring (bicyclic) bond motifs is 1. The zero-order chi connectivity index (χ0) is 13.7. The van der Waals surface area contributed by atoms with Crippen LogP contribution < -0.4 is 11.1 Å². The molecule has 1 amide bonds. The van der Waals surface area contributed by atoms with Crippen LogP contribution in [0.3, 0.4) is 0 Å². The summed E-state index contributed by atoms with van der Waals surface area (Å²) in [5.41, 5.74) is 6.78. The van der Waals surface area contributed by atoms with Crippen molar-refractivity contribution in [2.45, 2.75) is 19.0 Å². The predicted molar refractivity (Wildman–Crippen MR) is 82.4 cm³/mol. The van der Waals surface area contributed by atoms with Crippen LogP contribution in [0.1, 0.15) is 11.4 Å². The third-order valence-electron chi connectivity index (χ3n) is 2.72. The highest BCUT2D eigenvalue weighted by molar-refractivity contribution is 7.98. The van der Waals surface area contributed by atoms with E-state index in [2.05, 4.69) is 10.3 Å². The first-order valence-corrected chi connectivity index (χ1v) is 8.28. The second-order valence-electron chi connectivity index (χ2n) is 4.18. The summed E-state index contributed by atoms with van der Waals surface area (Å²) in [5.74, 6) is 0.795. The monoisotopic (exact) mass is 295 g/mol. The fraction of sp³-hybridized carbons (Fsp3) is 0.385. The lowest BCUT2D eigenvalue weighted by Crippen LogP contribution is -2.40. The van der Waals surface area contributed by atoms with Crippen LogP contribution >= 0.6 is 23.1 Å². The zero-order valence-corrected chi connectivity index (χ0v) is 12.4. The molecule has 0 aliphatic carbocycles. The number of rotatable bonds is 6. The van der Waals surface area contributed by atoms with Crippen molar-refractivity contribution in [1.29, 1.82) is 0 Å². The molecule has 0 saturated carbocycles. The number of aromatic nitrogens is 1. The Morgan fingerprint density at radius 2 is 2.32 bits per heavy atom. The Labute approximate surface area is 120 Å². The topological polar surface area (TPSA) is 68.0 Å². The highest BCUT2D eigenvalue weighted by Crippen LogP contribution is 2.21. The molecule has 0 bridgehead atoms. The Morgan fingerprint density at radius 1 is 1.53 bits per heavy atom. The van der Waals surface area contributed by atoms with E-state index in [9.17, 15) is 4.79 Å². The van der Waals surface area contributed by atoms with Crippen molar-refractivity contribution in [1.82, 2.24) is 10.3 Å². The highest BCUT2D eigenvalue weighted by Gasteiger charge is 2.13. The van der Waals surface area contributed by atoms with Gasteiger partial charge in [0.15, 0.2) is 0 Å². The van der Waals surface area contributed by atoms with Gasteiger partial charge in [-0.25, -0.2) is 4.98 Å². The van der Waals surface area contributed by atoms with E-state index in [-0.39, 0.29) is 5.91 Å². The van der Waals surface area contributed by atoms with Crippen molar-refractivity contribution >= 4 is 39.2 Å². The van der Waals surface area contributed by atoms with Gasteiger partial charge in [0.2, 0.25) is 5.91 Å². The molecule has 4 nitrogen and oxygen atoms in total. The molecule has 0 saturated heterocycles. The maximum absolute atomic E-state index is 11.8. The molecule has 2 aromatic rings. The Kier molecular flexibility index (Phi) is 5.18. The third kappa shape index (κ3) is 3.92. The molecule has 6 heteroatoms. The standard InChI is InChI=1S/C13H17N3OS2/c1-18-7-6-9(14)13(17)15-8-12-16-10-4-2-3-5-11(10)19-12/h2-5,9H,6-8,14H2,1H3,(H,15,17)/t9-/m1/s1. The minimum Gasteiger partial charge on any atom is -0.348 e. The summed E-state index contributed by atoms with van der Waals surface area (Å²) in [4.78, 5) is 16.2. The van der Waals surface area contributed by atoms with E-state index >= 15 is 0 Å². The number of nitrogens with zero attached hydrogens (tertiary/aromatic N) is 1. The lowest BCUT2D eigenvalue weighted by molar-refractivity contribution is -0.122. The number of thioether (sulfide) groups is 1. The van der Waals surface area contributed by atoms with Crippen LogP contribution in [-0.2, 0) is 11.3 Å². The van der Waals surface area contributed by atoms with E-state index in [1.165, 1.54) is 0 Å². The molecular weight excluding hydrogens is 278 g/mol. The lowest BCUT2D eigenvalue weighted by atomic mass is 10.2. The smallest absolute Gasteiger partial charge is 0.237 e. The first kappa shape index (κ1) is 14.3. The van der Waals surface area contributed by atoms with Crippen LogP contribution in [0, 0.1) is 0 Å². The molecule has 102 valence electrons.